The number of rotatable bonds is 6. The fourth-order valence-electron chi connectivity index (χ4n) is 0.943. The van der Waals surface area contributed by atoms with Gasteiger partial charge in [-0.2, -0.15) is 0 Å². The predicted molar refractivity (Wildman–Crippen MR) is 50.1 cm³/mol. The highest BCUT2D eigenvalue weighted by molar-refractivity contribution is 5.66. The Morgan fingerprint density at radius 3 is 2.75 bits per heavy atom. The minimum Gasteiger partial charge on any atom is -0.481 e. The summed E-state index contributed by atoms with van der Waals surface area (Å²) in [6.45, 7) is 4.18. The minimum absolute atomic E-state index is 0.275. The zero-order valence-electron chi connectivity index (χ0n) is 7.92. The average Bonchev–Trinajstić information content (AvgIpc) is 2.01. The summed E-state index contributed by atoms with van der Waals surface area (Å²) in [6, 6.07) is 0. The summed E-state index contributed by atoms with van der Waals surface area (Å²) < 4.78 is 0. The van der Waals surface area contributed by atoms with Gasteiger partial charge in [0.15, 0.2) is 0 Å². The number of hydrogen-bond acceptors (Lipinski definition) is 1. The van der Waals surface area contributed by atoms with Crippen LogP contribution in [0.3, 0.4) is 0 Å². The normalized spacial score (nSPS) is 13.5. The van der Waals surface area contributed by atoms with Gasteiger partial charge in [0.2, 0.25) is 0 Å². The highest BCUT2D eigenvalue weighted by Crippen LogP contribution is 2.07. The standard InChI is InChI=1S/C10H18O2/c1-3-4-5-6-9(2)7-8-10(11)12/h5-6,9H,3-4,7-8H2,1-2H3,(H,11,12). The van der Waals surface area contributed by atoms with Crippen molar-refractivity contribution in [2.75, 3.05) is 0 Å². The molecule has 0 aliphatic rings. The zero-order chi connectivity index (χ0) is 9.40. The molecule has 12 heavy (non-hydrogen) atoms. The number of hydrogen-bond donors (Lipinski definition) is 1. The van der Waals surface area contributed by atoms with E-state index in [0.717, 1.165) is 19.3 Å². The summed E-state index contributed by atoms with van der Waals surface area (Å²) >= 11 is 0. The number of carboxylic acids is 1. The van der Waals surface area contributed by atoms with Crippen LogP contribution in [0, 0.1) is 5.92 Å². The highest BCUT2D eigenvalue weighted by Gasteiger charge is 2.00. The van der Waals surface area contributed by atoms with Crippen molar-refractivity contribution in [3.63, 3.8) is 0 Å². The molecule has 70 valence electrons. The third-order valence-electron chi connectivity index (χ3n) is 1.73. The molecule has 1 atom stereocenters. The molecule has 0 saturated carbocycles. The van der Waals surface area contributed by atoms with Gasteiger partial charge in [0.1, 0.15) is 0 Å². The lowest BCUT2D eigenvalue weighted by molar-refractivity contribution is -0.137. The second-order valence-electron chi connectivity index (χ2n) is 3.13. The Balaban J connectivity index is 3.44. The number of unbranched alkanes of at least 4 members (excludes halogenated alkanes) is 1. The second kappa shape index (κ2) is 6.89. The summed E-state index contributed by atoms with van der Waals surface area (Å²) in [4.78, 5) is 10.2. The number of carboxylic acid groups (broad SMARTS) is 1. The number of aliphatic carboxylic acids is 1. The lowest BCUT2D eigenvalue weighted by atomic mass is 10.0. The van der Waals surface area contributed by atoms with Gasteiger partial charge in [0.05, 0.1) is 0 Å². The summed E-state index contributed by atoms with van der Waals surface area (Å²) in [5, 5.41) is 8.41. The van der Waals surface area contributed by atoms with Crippen LogP contribution in [0.25, 0.3) is 0 Å². The van der Waals surface area contributed by atoms with Crippen LogP contribution in [0.5, 0.6) is 0 Å². The lowest BCUT2D eigenvalue weighted by Crippen LogP contribution is -1.98. The van der Waals surface area contributed by atoms with Gasteiger partial charge in [-0.1, -0.05) is 32.4 Å². The molecular weight excluding hydrogens is 152 g/mol. The molecule has 0 aliphatic carbocycles. The van der Waals surface area contributed by atoms with Crippen molar-refractivity contribution < 1.29 is 9.90 Å². The molecule has 0 aromatic heterocycles. The first-order valence-corrected chi connectivity index (χ1v) is 4.55. The van der Waals surface area contributed by atoms with Gasteiger partial charge in [0.25, 0.3) is 0 Å². The maximum Gasteiger partial charge on any atom is 0.303 e. The molecule has 0 amide bonds. The van der Waals surface area contributed by atoms with E-state index in [0.29, 0.717) is 5.92 Å². The molecule has 2 nitrogen and oxygen atoms in total. The van der Waals surface area contributed by atoms with Crippen LogP contribution < -0.4 is 0 Å². The molecule has 2 heteroatoms. The lowest BCUT2D eigenvalue weighted by Gasteiger charge is -2.01. The maximum atomic E-state index is 10.2. The smallest absolute Gasteiger partial charge is 0.303 e. The average molecular weight is 170 g/mol. The van der Waals surface area contributed by atoms with Gasteiger partial charge in [-0.15, -0.1) is 0 Å². The first-order chi connectivity index (χ1) is 5.66. The second-order valence-corrected chi connectivity index (χ2v) is 3.13. The SMILES string of the molecule is CCCC=CC(C)CCC(=O)O. The Morgan fingerprint density at radius 2 is 2.25 bits per heavy atom. The third-order valence-corrected chi connectivity index (χ3v) is 1.73. The molecule has 0 aliphatic heterocycles. The van der Waals surface area contributed by atoms with E-state index in [4.69, 9.17) is 5.11 Å². The molecule has 0 heterocycles. The largest absolute Gasteiger partial charge is 0.481 e. The Kier molecular flexibility index (Phi) is 6.44. The molecule has 0 aromatic rings. The van der Waals surface area contributed by atoms with E-state index in [1.807, 2.05) is 0 Å². The van der Waals surface area contributed by atoms with Crippen molar-refractivity contribution in [1.82, 2.24) is 0 Å². The predicted octanol–water partition coefficient (Wildman–Crippen LogP) is 2.84. The third kappa shape index (κ3) is 7.32. The van der Waals surface area contributed by atoms with E-state index >= 15 is 0 Å². The fraction of sp³-hybridized carbons (Fsp3) is 0.700. The quantitative estimate of drug-likeness (QED) is 0.622. The Labute approximate surface area is 74.3 Å². The highest BCUT2D eigenvalue weighted by atomic mass is 16.4. The molecular formula is C10H18O2. The monoisotopic (exact) mass is 170 g/mol. The van der Waals surface area contributed by atoms with E-state index in [9.17, 15) is 4.79 Å². The summed E-state index contributed by atoms with van der Waals surface area (Å²) in [5.74, 6) is -0.307. The molecule has 0 radical (unpaired) electrons. The van der Waals surface area contributed by atoms with E-state index in [2.05, 4.69) is 26.0 Å². The Morgan fingerprint density at radius 1 is 1.58 bits per heavy atom. The molecule has 0 saturated heterocycles. The Hall–Kier alpha value is -0.790. The van der Waals surface area contributed by atoms with Crippen LogP contribution in [0.2, 0.25) is 0 Å². The van der Waals surface area contributed by atoms with Crippen molar-refractivity contribution in [3.05, 3.63) is 12.2 Å². The van der Waals surface area contributed by atoms with Gasteiger partial charge < -0.3 is 5.11 Å². The van der Waals surface area contributed by atoms with Crippen molar-refractivity contribution in [2.24, 2.45) is 5.92 Å². The zero-order valence-corrected chi connectivity index (χ0v) is 7.92. The van der Waals surface area contributed by atoms with E-state index in [1.165, 1.54) is 0 Å². The van der Waals surface area contributed by atoms with Gasteiger partial charge in [-0.3, -0.25) is 4.79 Å². The van der Waals surface area contributed by atoms with Gasteiger partial charge >= 0.3 is 5.97 Å². The summed E-state index contributed by atoms with van der Waals surface area (Å²) in [5.41, 5.74) is 0. The van der Waals surface area contributed by atoms with Crippen molar-refractivity contribution in [3.8, 4) is 0 Å². The Bertz CT molecular complexity index is 150. The van der Waals surface area contributed by atoms with Crippen LogP contribution in [-0.4, -0.2) is 11.1 Å². The van der Waals surface area contributed by atoms with Crippen molar-refractivity contribution in [1.29, 1.82) is 0 Å². The molecule has 1 unspecified atom stereocenters. The van der Waals surface area contributed by atoms with E-state index in [-0.39, 0.29) is 6.42 Å². The molecule has 0 rings (SSSR count). The molecule has 0 spiro atoms. The van der Waals surface area contributed by atoms with Crippen molar-refractivity contribution >= 4 is 5.97 Å². The maximum absolute atomic E-state index is 10.2. The van der Waals surface area contributed by atoms with E-state index < -0.39 is 5.97 Å². The van der Waals surface area contributed by atoms with E-state index in [1.54, 1.807) is 0 Å². The molecule has 0 aromatic carbocycles. The minimum atomic E-state index is -0.703. The van der Waals surface area contributed by atoms with Crippen LogP contribution in [0.4, 0.5) is 0 Å². The summed E-state index contributed by atoms with van der Waals surface area (Å²) in [7, 11) is 0. The topological polar surface area (TPSA) is 37.3 Å². The fourth-order valence-corrected chi connectivity index (χ4v) is 0.943. The van der Waals surface area contributed by atoms with Crippen LogP contribution in [0.1, 0.15) is 39.5 Å². The van der Waals surface area contributed by atoms with Crippen LogP contribution >= 0.6 is 0 Å². The van der Waals surface area contributed by atoms with Gasteiger partial charge in [0, 0.05) is 6.42 Å². The first-order valence-electron chi connectivity index (χ1n) is 4.55. The van der Waals surface area contributed by atoms with Crippen LogP contribution in [-0.2, 0) is 4.79 Å². The van der Waals surface area contributed by atoms with Crippen molar-refractivity contribution in [2.45, 2.75) is 39.5 Å². The van der Waals surface area contributed by atoms with Gasteiger partial charge in [-0.05, 0) is 18.8 Å². The summed E-state index contributed by atoms with van der Waals surface area (Å²) in [6.07, 6.45) is 7.51. The molecule has 0 bridgehead atoms. The molecule has 1 N–H and O–H groups in total. The number of carbonyl (C=O) groups is 1. The first kappa shape index (κ1) is 11.2. The molecule has 0 fully saturated rings. The van der Waals surface area contributed by atoms with Crippen LogP contribution in [0.15, 0.2) is 12.2 Å². The van der Waals surface area contributed by atoms with Gasteiger partial charge in [-0.25, -0.2) is 0 Å². The number of allylic oxidation sites excluding steroid dienone is 2.